The van der Waals surface area contributed by atoms with Gasteiger partial charge in [0.1, 0.15) is 6.07 Å². The number of nitriles is 1. The zero-order valence-electron chi connectivity index (χ0n) is 12.7. The molecule has 0 amide bonds. The van der Waals surface area contributed by atoms with Crippen molar-refractivity contribution in [2.45, 2.75) is 20.3 Å². The lowest BCUT2D eigenvalue weighted by molar-refractivity contribution is 0.588. The summed E-state index contributed by atoms with van der Waals surface area (Å²) in [6.45, 7) is 8.35. The van der Waals surface area contributed by atoms with Gasteiger partial charge in [-0.2, -0.15) is 5.26 Å². The maximum atomic E-state index is 9.42. The van der Waals surface area contributed by atoms with Crippen LogP contribution >= 0.6 is 0 Å². The molecule has 1 heterocycles. The van der Waals surface area contributed by atoms with E-state index in [0.29, 0.717) is 5.92 Å². The second-order valence-electron chi connectivity index (χ2n) is 5.72. The van der Waals surface area contributed by atoms with E-state index in [2.05, 4.69) is 41.5 Å². The van der Waals surface area contributed by atoms with E-state index in [9.17, 15) is 5.26 Å². The van der Waals surface area contributed by atoms with Gasteiger partial charge in [-0.05, 0) is 30.0 Å². The topological polar surface area (TPSA) is 51.1 Å². The minimum atomic E-state index is 0.603. The molecule has 0 saturated carbocycles. The summed E-state index contributed by atoms with van der Waals surface area (Å²) < 4.78 is 0. The number of hydrogen-bond donors (Lipinski definition) is 2. The molecule has 1 aliphatic heterocycles. The maximum Gasteiger partial charge on any atom is 0.101 e. The SMILES string of the molecule is CNc1cc(C#N)c(N2CCNCC2)cc1CC(C)C. The van der Waals surface area contributed by atoms with Crippen molar-refractivity contribution in [2.75, 3.05) is 43.4 Å². The normalized spacial score (nSPS) is 15.2. The Labute approximate surface area is 121 Å². The van der Waals surface area contributed by atoms with E-state index >= 15 is 0 Å². The molecule has 108 valence electrons. The van der Waals surface area contributed by atoms with Crippen LogP contribution in [0.2, 0.25) is 0 Å². The van der Waals surface area contributed by atoms with Crippen LogP contribution in [0, 0.1) is 17.2 Å². The number of benzene rings is 1. The summed E-state index contributed by atoms with van der Waals surface area (Å²) in [6.07, 6.45) is 1.03. The lowest BCUT2D eigenvalue weighted by Crippen LogP contribution is -2.43. The standard InChI is InChI=1S/C16H24N4/c1-12(2)8-13-10-16(20-6-4-19-5-7-20)14(11-17)9-15(13)18-3/h9-10,12,18-19H,4-8H2,1-3H3. The van der Waals surface area contributed by atoms with Gasteiger partial charge < -0.3 is 15.5 Å². The van der Waals surface area contributed by atoms with Crippen molar-refractivity contribution in [3.8, 4) is 6.07 Å². The fourth-order valence-corrected chi connectivity index (χ4v) is 2.73. The van der Waals surface area contributed by atoms with Crippen molar-refractivity contribution in [3.05, 3.63) is 23.3 Å². The zero-order valence-corrected chi connectivity index (χ0v) is 12.7. The molecule has 1 saturated heterocycles. The fourth-order valence-electron chi connectivity index (χ4n) is 2.73. The highest BCUT2D eigenvalue weighted by Gasteiger charge is 2.17. The summed E-state index contributed by atoms with van der Waals surface area (Å²) in [6, 6.07) is 6.55. The zero-order chi connectivity index (χ0) is 14.5. The van der Waals surface area contributed by atoms with Crippen LogP contribution in [0.15, 0.2) is 12.1 Å². The second kappa shape index (κ2) is 6.62. The van der Waals surface area contributed by atoms with Crippen molar-refractivity contribution in [2.24, 2.45) is 5.92 Å². The Balaban J connectivity index is 2.40. The Morgan fingerprint density at radius 3 is 2.60 bits per heavy atom. The molecule has 1 aromatic rings. The van der Waals surface area contributed by atoms with E-state index in [4.69, 9.17) is 0 Å². The molecule has 20 heavy (non-hydrogen) atoms. The lowest BCUT2D eigenvalue weighted by atomic mass is 9.98. The van der Waals surface area contributed by atoms with Crippen molar-refractivity contribution in [1.82, 2.24) is 5.32 Å². The molecule has 0 atom stereocenters. The van der Waals surface area contributed by atoms with Gasteiger partial charge in [0.2, 0.25) is 0 Å². The first-order chi connectivity index (χ1) is 9.65. The molecular weight excluding hydrogens is 248 g/mol. The first-order valence-corrected chi connectivity index (χ1v) is 7.36. The average Bonchev–Trinajstić information content (AvgIpc) is 2.47. The number of rotatable bonds is 4. The monoisotopic (exact) mass is 272 g/mol. The van der Waals surface area contributed by atoms with Gasteiger partial charge in [0, 0.05) is 38.9 Å². The van der Waals surface area contributed by atoms with Gasteiger partial charge >= 0.3 is 0 Å². The van der Waals surface area contributed by atoms with Crippen LogP contribution in [-0.4, -0.2) is 33.2 Å². The lowest BCUT2D eigenvalue weighted by Gasteiger charge is -2.31. The molecule has 4 heteroatoms. The van der Waals surface area contributed by atoms with E-state index in [-0.39, 0.29) is 0 Å². The van der Waals surface area contributed by atoms with E-state index < -0.39 is 0 Å². The largest absolute Gasteiger partial charge is 0.388 e. The molecule has 0 bridgehead atoms. The Hall–Kier alpha value is -1.73. The number of hydrogen-bond acceptors (Lipinski definition) is 4. The van der Waals surface area contributed by atoms with Crippen LogP contribution in [0.5, 0.6) is 0 Å². The third-order valence-electron chi connectivity index (χ3n) is 3.70. The minimum Gasteiger partial charge on any atom is -0.388 e. The van der Waals surface area contributed by atoms with Gasteiger partial charge in [-0.25, -0.2) is 0 Å². The number of nitrogens with zero attached hydrogens (tertiary/aromatic N) is 2. The summed E-state index contributed by atoms with van der Waals surface area (Å²) in [5.74, 6) is 0.603. The van der Waals surface area contributed by atoms with E-state index in [0.717, 1.165) is 49.5 Å². The first-order valence-electron chi connectivity index (χ1n) is 7.36. The number of piperazine rings is 1. The van der Waals surface area contributed by atoms with Gasteiger partial charge in [-0.1, -0.05) is 13.8 Å². The molecule has 2 N–H and O–H groups in total. The average molecular weight is 272 g/mol. The van der Waals surface area contributed by atoms with Gasteiger partial charge in [0.25, 0.3) is 0 Å². The summed E-state index contributed by atoms with van der Waals surface area (Å²) in [7, 11) is 1.92. The first kappa shape index (κ1) is 14.7. The molecule has 0 spiro atoms. The minimum absolute atomic E-state index is 0.603. The van der Waals surface area contributed by atoms with Gasteiger partial charge in [0.15, 0.2) is 0 Å². The second-order valence-corrected chi connectivity index (χ2v) is 5.72. The highest BCUT2D eigenvalue weighted by Crippen LogP contribution is 2.29. The summed E-state index contributed by atoms with van der Waals surface area (Å²) in [5, 5.41) is 16.0. The number of nitrogens with one attached hydrogen (secondary N) is 2. The third kappa shape index (κ3) is 3.23. The molecule has 1 aliphatic rings. The Morgan fingerprint density at radius 2 is 2.05 bits per heavy atom. The van der Waals surface area contributed by atoms with E-state index in [1.54, 1.807) is 0 Å². The highest BCUT2D eigenvalue weighted by atomic mass is 15.2. The van der Waals surface area contributed by atoms with Gasteiger partial charge in [-0.3, -0.25) is 0 Å². The predicted octanol–water partition coefficient (Wildman–Crippen LogP) is 2.21. The third-order valence-corrected chi connectivity index (χ3v) is 3.70. The van der Waals surface area contributed by atoms with Crippen molar-refractivity contribution >= 4 is 11.4 Å². The van der Waals surface area contributed by atoms with Crippen LogP contribution in [-0.2, 0) is 6.42 Å². The molecular formula is C16H24N4. The summed E-state index contributed by atoms with van der Waals surface area (Å²) in [5.41, 5.74) is 4.23. The maximum absolute atomic E-state index is 9.42. The fraction of sp³-hybridized carbons (Fsp3) is 0.562. The molecule has 0 radical (unpaired) electrons. The summed E-state index contributed by atoms with van der Waals surface area (Å²) in [4.78, 5) is 2.32. The predicted molar refractivity (Wildman–Crippen MR) is 84.3 cm³/mol. The van der Waals surface area contributed by atoms with Crippen molar-refractivity contribution < 1.29 is 0 Å². The highest BCUT2D eigenvalue weighted by molar-refractivity contribution is 5.69. The molecule has 0 unspecified atom stereocenters. The van der Waals surface area contributed by atoms with E-state index in [1.165, 1.54) is 5.56 Å². The smallest absolute Gasteiger partial charge is 0.101 e. The van der Waals surface area contributed by atoms with Crippen LogP contribution in [0.3, 0.4) is 0 Å². The molecule has 2 rings (SSSR count). The quantitative estimate of drug-likeness (QED) is 0.882. The van der Waals surface area contributed by atoms with Gasteiger partial charge in [-0.15, -0.1) is 0 Å². The Morgan fingerprint density at radius 1 is 1.35 bits per heavy atom. The molecule has 0 aliphatic carbocycles. The Bertz CT molecular complexity index is 496. The molecule has 1 fully saturated rings. The van der Waals surface area contributed by atoms with Crippen LogP contribution < -0.4 is 15.5 Å². The van der Waals surface area contributed by atoms with E-state index in [1.807, 2.05) is 13.1 Å². The Kier molecular flexibility index (Phi) is 4.86. The molecule has 1 aromatic carbocycles. The molecule has 0 aromatic heterocycles. The summed E-state index contributed by atoms with van der Waals surface area (Å²) >= 11 is 0. The van der Waals surface area contributed by atoms with Crippen molar-refractivity contribution in [1.29, 1.82) is 5.26 Å². The van der Waals surface area contributed by atoms with Crippen molar-refractivity contribution in [3.63, 3.8) is 0 Å². The van der Waals surface area contributed by atoms with Crippen LogP contribution in [0.25, 0.3) is 0 Å². The molecule has 4 nitrogen and oxygen atoms in total. The van der Waals surface area contributed by atoms with Gasteiger partial charge in [0.05, 0.1) is 11.3 Å². The van der Waals surface area contributed by atoms with Crippen LogP contribution in [0.1, 0.15) is 25.0 Å². The van der Waals surface area contributed by atoms with Crippen LogP contribution in [0.4, 0.5) is 11.4 Å². The number of anilines is 2.